The smallest absolute Gasteiger partial charge is 0.425 e. The summed E-state index contributed by atoms with van der Waals surface area (Å²) in [4.78, 5) is 9.85. The molecule has 0 unspecified atom stereocenters. The van der Waals surface area contributed by atoms with Gasteiger partial charge >= 0.3 is 6.09 Å². The van der Waals surface area contributed by atoms with Gasteiger partial charge in [0, 0.05) is 7.11 Å². The summed E-state index contributed by atoms with van der Waals surface area (Å²) in [5.74, 6) is 0. The average Bonchev–Trinajstić information content (AvgIpc) is 1.85. The Morgan fingerprint density at radius 2 is 2.40 bits per heavy atom. The maximum absolute atomic E-state index is 9.85. The van der Waals surface area contributed by atoms with Crippen molar-refractivity contribution >= 4 is 11.8 Å². The lowest BCUT2D eigenvalue weighted by molar-refractivity contribution is 0.194. The van der Waals surface area contributed by atoms with Crippen LogP contribution < -0.4 is 5.43 Å². The topological polar surface area (TPSA) is 70.9 Å². The van der Waals surface area contributed by atoms with Gasteiger partial charge in [0.15, 0.2) is 0 Å². The summed E-state index contributed by atoms with van der Waals surface area (Å²) < 4.78 is 4.67. The second kappa shape index (κ2) is 4.75. The number of carbonyl (C=O) groups is 1. The summed E-state index contributed by atoms with van der Waals surface area (Å²) in [6.45, 7) is 2.00. The number of hydrogen-bond donors (Lipinski definition) is 2. The number of carboxylic acid groups (broad SMARTS) is 1. The molecule has 0 saturated carbocycles. The molecule has 10 heavy (non-hydrogen) atoms. The van der Waals surface area contributed by atoms with Gasteiger partial charge in [-0.1, -0.05) is 0 Å². The Bertz CT molecular complexity index is 144. The number of amides is 1. The van der Waals surface area contributed by atoms with Crippen molar-refractivity contribution < 1.29 is 14.6 Å². The van der Waals surface area contributed by atoms with Gasteiger partial charge in [-0.3, -0.25) is 0 Å². The molecule has 0 heterocycles. The molecule has 1 amide bonds. The molecule has 0 spiro atoms. The van der Waals surface area contributed by atoms with Crippen molar-refractivity contribution in [1.82, 2.24) is 5.43 Å². The van der Waals surface area contributed by atoms with Crippen LogP contribution in [-0.4, -0.2) is 30.6 Å². The monoisotopic (exact) mass is 146 g/mol. The highest BCUT2D eigenvalue weighted by Crippen LogP contribution is 1.75. The number of hydrazone groups is 1. The van der Waals surface area contributed by atoms with Crippen LogP contribution in [0.3, 0.4) is 0 Å². The lowest BCUT2D eigenvalue weighted by Gasteiger charge is -1.96. The molecule has 0 aromatic rings. The Hall–Kier alpha value is -1.10. The molecule has 58 valence electrons. The van der Waals surface area contributed by atoms with Crippen LogP contribution in [-0.2, 0) is 4.74 Å². The minimum Gasteiger partial charge on any atom is -0.464 e. The molecule has 5 heteroatoms. The molecule has 0 rings (SSSR count). The number of ether oxygens (including phenoxy) is 1. The molecule has 0 aliphatic heterocycles. The average molecular weight is 146 g/mol. The Labute approximate surface area is 58.7 Å². The van der Waals surface area contributed by atoms with Gasteiger partial charge in [0.1, 0.15) is 0 Å². The summed E-state index contributed by atoms with van der Waals surface area (Å²) in [5, 5.41) is 11.5. The first-order valence-corrected chi connectivity index (χ1v) is 2.68. The lowest BCUT2D eigenvalue weighted by Crippen LogP contribution is -2.17. The maximum Gasteiger partial charge on any atom is 0.425 e. The van der Waals surface area contributed by atoms with Crippen molar-refractivity contribution in [3.8, 4) is 0 Å². The molecular weight excluding hydrogens is 136 g/mol. The fraction of sp³-hybridized carbons (Fsp3) is 0.600. The first-order chi connectivity index (χ1) is 4.66. The first-order valence-electron chi connectivity index (χ1n) is 2.68. The van der Waals surface area contributed by atoms with Crippen molar-refractivity contribution in [2.45, 2.75) is 6.92 Å². The van der Waals surface area contributed by atoms with E-state index in [2.05, 4.69) is 9.84 Å². The highest BCUT2D eigenvalue weighted by molar-refractivity contribution is 5.84. The second-order valence-electron chi connectivity index (χ2n) is 1.70. The zero-order chi connectivity index (χ0) is 7.98. The second-order valence-corrected chi connectivity index (χ2v) is 1.70. The van der Waals surface area contributed by atoms with Gasteiger partial charge in [-0.15, -0.1) is 0 Å². The van der Waals surface area contributed by atoms with E-state index in [0.717, 1.165) is 0 Å². The predicted molar refractivity (Wildman–Crippen MR) is 36.1 cm³/mol. The molecule has 0 aliphatic rings. The first kappa shape index (κ1) is 8.90. The SMILES string of the molecule is COC/C(C)=N/NC(=O)O. The molecule has 0 aromatic heterocycles. The van der Waals surface area contributed by atoms with Gasteiger partial charge in [0.2, 0.25) is 0 Å². The molecule has 0 saturated heterocycles. The van der Waals surface area contributed by atoms with Crippen LogP contribution in [0, 0.1) is 0 Å². The molecule has 0 aliphatic carbocycles. The highest BCUT2D eigenvalue weighted by atomic mass is 16.5. The molecule has 0 radical (unpaired) electrons. The van der Waals surface area contributed by atoms with Crippen molar-refractivity contribution in [2.24, 2.45) is 5.10 Å². The van der Waals surface area contributed by atoms with Gasteiger partial charge in [0.25, 0.3) is 0 Å². The van der Waals surface area contributed by atoms with E-state index < -0.39 is 6.09 Å². The molecule has 0 bridgehead atoms. The predicted octanol–water partition coefficient (Wildman–Crippen LogP) is 0.276. The van der Waals surface area contributed by atoms with Gasteiger partial charge in [0.05, 0.1) is 12.3 Å². The highest BCUT2D eigenvalue weighted by Gasteiger charge is 1.91. The Balaban J connectivity index is 3.57. The van der Waals surface area contributed by atoms with Crippen LogP contribution in [0.2, 0.25) is 0 Å². The quantitative estimate of drug-likeness (QED) is 0.443. The van der Waals surface area contributed by atoms with Gasteiger partial charge in [-0.25, -0.2) is 10.2 Å². The van der Waals surface area contributed by atoms with E-state index in [1.54, 1.807) is 6.92 Å². The standard InChI is InChI=1S/C5H10N2O3/c1-4(3-10-2)6-7-5(8)9/h7H,3H2,1-2H3,(H,8,9)/b6-4+. The van der Waals surface area contributed by atoms with Gasteiger partial charge in [-0.05, 0) is 6.92 Å². The van der Waals surface area contributed by atoms with E-state index in [-0.39, 0.29) is 0 Å². The van der Waals surface area contributed by atoms with Crippen LogP contribution in [0.4, 0.5) is 4.79 Å². The third-order valence-corrected chi connectivity index (χ3v) is 0.696. The number of hydrogen-bond acceptors (Lipinski definition) is 3. The van der Waals surface area contributed by atoms with Crippen LogP contribution in [0.5, 0.6) is 0 Å². The van der Waals surface area contributed by atoms with Gasteiger partial charge < -0.3 is 9.84 Å². The molecule has 5 nitrogen and oxygen atoms in total. The zero-order valence-electron chi connectivity index (χ0n) is 5.92. The lowest BCUT2D eigenvalue weighted by atomic mass is 10.5. The van der Waals surface area contributed by atoms with Crippen molar-refractivity contribution in [1.29, 1.82) is 0 Å². The van der Waals surface area contributed by atoms with Crippen LogP contribution in [0.1, 0.15) is 6.92 Å². The zero-order valence-corrected chi connectivity index (χ0v) is 5.92. The van der Waals surface area contributed by atoms with E-state index in [1.807, 2.05) is 5.43 Å². The van der Waals surface area contributed by atoms with E-state index in [0.29, 0.717) is 12.3 Å². The third-order valence-electron chi connectivity index (χ3n) is 0.696. The van der Waals surface area contributed by atoms with Crippen molar-refractivity contribution in [2.75, 3.05) is 13.7 Å². The Morgan fingerprint density at radius 1 is 1.80 bits per heavy atom. The molecule has 2 N–H and O–H groups in total. The minimum atomic E-state index is -1.17. The fourth-order valence-electron chi connectivity index (χ4n) is 0.384. The summed E-state index contributed by atoms with van der Waals surface area (Å²) in [6, 6.07) is 0. The summed E-state index contributed by atoms with van der Waals surface area (Å²) >= 11 is 0. The minimum absolute atomic E-state index is 0.334. The Kier molecular flexibility index (Phi) is 4.23. The summed E-state index contributed by atoms with van der Waals surface area (Å²) in [7, 11) is 1.51. The Morgan fingerprint density at radius 3 is 2.80 bits per heavy atom. The normalized spacial score (nSPS) is 11.2. The van der Waals surface area contributed by atoms with Crippen LogP contribution >= 0.6 is 0 Å². The van der Waals surface area contributed by atoms with Crippen LogP contribution in [0.15, 0.2) is 5.10 Å². The number of rotatable bonds is 3. The van der Waals surface area contributed by atoms with E-state index in [9.17, 15) is 4.79 Å². The number of nitrogens with zero attached hydrogens (tertiary/aromatic N) is 1. The summed E-state index contributed by atoms with van der Waals surface area (Å²) in [6.07, 6.45) is -1.17. The molecule has 0 fully saturated rings. The van der Waals surface area contributed by atoms with Crippen molar-refractivity contribution in [3.63, 3.8) is 0 Å². The van der Waals surface area contributed by atoms with E-state index in [4.69, 9.17) is 5.11 Å². The number of nitrogens with one attached hydrogen (secondary N) is 1. The van der Waals surface area contributed by atoms with E-state index >= 15 is 0 Å². The molecular formula is C5H10N2O3. The molecule has 0 aromatic carbocycles. The fourth-order valence-corrected chi connectivity index (χ4v) is 0.384. The molecule has 0 atom stereocenters. The van der Waals surface area contributed by atoms with Gasteiger partial charge in [-0.2, -0.15) is 5.10 Å². The third kappa shape index (κ3) is 5.04. The largest absolute Gasteiger partial charge is 0.464 e. The maximum atomic E-state index is 9.85. The summed E-state index contributed by atoms with van der Waals surface area (Å²) in [5.41, 5.74) is 2.44. The number of methoxy groups -OCH3 is 1. The van der Waals surface area contributed by atoms with Crippen molar-refractivity contribution in [3.05, 3.63) is 0 Å². The van der Waals surface area contributed by atoms with Crippen LogP contribution in [0.25, 0.3) is 0 Å². The van der Waals surface area contributed by atoms with E-state index in [1.165, 1.54) is 7.11 Å².